The SMILES string of the molecule is CC(C)(C)OC(=O)N[C@H]1CNC[C@@H]1O. The van der Waals surface area contributed by atoms with Gasteiger partial charge in [-0.3, -0.25) is 0 Å². The van der Waals surface area contributed by atoms with E-state index in [-0.39, 0.29) is 6.04 Å². The van der Waals surface area contributed by atoms with Crippen LogP contribution in [0.5, 0.6) is 0 Å². The second-order valence-electron chi connectivity index (χ2n) is 4.48. The molecule has 82 valence electrons. The van der Waals surface area contributed by atoms with E-state index in [1.165, 1.54) is 0 Å². The van der Waals surface area contributed by atoms with Crippen molar-refractivity contribution in [1.29, 1.82) is 0 Å². The summed E-state index contributed by atoms with van der Waals surface area (Å²) >= 11 is 0. The topological polar surface area (TPSA) is 70.6 Å². The summed E-state index contributed by atoms with van der Waals surface area (Å²) < 4.78 is 5.06. The van der Waals surface area contributed by atoms with Crippen LogP contribution >= 0.6 is 0 Å². The fourth-order valence-corrected chi connectivity index (χ4v) is 1.27. The van der Waals surface area contributed by atoms with Crippen LogP contribution in [0.1, 0.15) is 20.8 Å². The van der Waals surface area contributed by atoms with Crippen LogP contribution in [0.4, 0.5) is 4.79 Å². The molecule has 0 unspecified atom stereocenters. The summed E-state index contributed by atoms with van der Waals surface area (Å²) in [5.41, 5.74) is -0.499. The molecule has 1 heterocycles. The summed E-state index contributed by atoms with van der Waals surface area (Å²) in [5.74, 6) is 0. The lowest BCUT2D eigenvalue weighted by atomic mass is 10.2. The Morgan fingerprint density at radius 3 is 2.57 bits per heavy atom. The lowest BCUT2D eigenvalue weighted by Crippen LogP contribution is -2.45. The highest BCUT2D eigenvalue weighted by atomic mass is 16.6. The molecule has 5 heteroatoms. The van der Waals surface area contributed by atoms with E-state index in [0.717, 1.165) is 0 Å². The molecule has 2 atom stereocenters. The predicted octanol–water partition coefficient (Wildman–Crippen LogP) is -0.156. The molecule has 0 radical (unpaired) electrons. The zero-order chi connectivity index (χ0) is 10.8. The largest absolute Gasteiger partial charge is 0.444 e. The molecular weight excluding hydrogens is 184 g/mol. The summed E-state index contributed by atoms with van der Waals surface area (Å²) in [7, 11) is 0. The highest BCUT2D eigenvalue weighted by molar-refractivity contribution is 5.68. The number of hydrogen-bond donors (Lipinski definition) is 3. The Kier molecular flexibility index (Phi) is 3.34. The van der Waals surface area contributed by atoms with Crippen molar-refractivity contribution in [2.45, 2.75) is 38.5 Å². The van der Waals surface area contributed by atoms with Crippen LogP contribution in [0.15, 0.2) is 0 Å². The second kappa shape index (κ2) is 4.14. The fourth-order valence-electron chi connectivity index (χ4n) is 1.27. The fraction of sp³-hybridized carbons (Fsp3) is 0.889. The molecule has 5 nitrogen and oxygen atoms in total. The van der Waals surface area contributed by atoms with Gasteiger partial charge in [-0.05, 0) is 20.8 Å². The van der Waals surface area contributed by atoms with Crippen molar-refractivity contribution >= 4 is 6.09 Å². The van der Waals surface area contributed by atoms with Crippen molar-refractivity contribution in [3.05, 3.63) is 0 Å². The molecule has 1 aliphatic heterocycles. The minimum Gasteiger partial charge on any atom is -0.444 e. The van der Waals surface area contributed by atoms with Crippen LogP contribution in [-0.2, 0) is 4.74 Å². The number of carbonyl (C=O) groups is 1. The van der Waals surface area contributed by atoms with Crippen LogP contribution in [-0.4, -0.2) is 42.0 Å². The summed E-state index contributed by atoms with van der Waals surface area (Å²) in [4.78, 5) is 11.3. The van der Waals surface area contributed by atoms with Gasteiger partial charge in [-0.25, -0.2) is 4.79 Å². The number of aliphatic hydroxyl groups is 1. The molecule has 1 fully saturated rings. The zero-order valence-electron chi connectivity index (χ0n) is 8.83. The molecule has 1 aliphatic rings. The molecule has 0 aromatic carbocycles. The molecule has 1 rings (SSSR count). The van der Waals surface area contributed by atoms with Crippen LogP contribution in [0.25, 0.3) is 0 Å². The Morgan fingerprint density at radius 2 is 2.14 bits per heavy atom. The van der Waals surface area contributed by atoms with Gasteiger partial charge in [0.15, 0.2) is 0 Å². The number of ether oxygens (including phenoxy) is 1. The molecule has 0 spiro atoms. The maximum absolute atomic E-state index is 11.3. The van der Waals surface area contributed by atoms with Crippen LogP contribution in [0, 0.1) is 0 Å². The molecule has 3 N–H and O–H groups in total. The standard InChI is InChI=1S/C9H18N2O3/c1-9(2,3)14-8(13)11-6-4-10-5-7(6)12/h6-7,10,12H,4-5H2,1-3H3,(H,11,13)/t6-,7-/m0/s1. The van der Waals surface area contributed by atoms with E-state index in [9.17, 15) is 9.90 Å². The Balaban J connectivity index is 2.33. The van der Waals surface area contributed by atoms with Crippen LogP contribution in [0.3, 0.4) is 0 Å². The first-order valence-corrected chi connectivity index (χ1v) is 4.77. The average molecular weight is 202 g/mol. The number of amides is 1. The maximum atomic E-state index is 11.3. The predicted molar refractivity (Wildman–Crippen MR) is 52.0 cm³/mol. The highest BCUT2D eigenvalue weighted by Crippen LogP contribution is 2.07. The number of carbonyl (C=O) groups excluding carboxylic acids is 1. The van der Waals surface area contributed by atoms with Crippen molar-refractivity contribution in [3.63, 3.8) is 0 Å². The Bertz CT molecular complexity index is 213. The van der Waals surface area contributed by atoms with Crippen molar-refractivity contribution in [3.8, 4) is 0 Å². The number of aliphatic hydroxyl groups excluding tert-OH is 1. The van der Waals surface area contributed by atoms with Gasteiger partial charge in [-0.2, -0.15) is 0 Å². The molecular formula is C9H18N2O3. The molecule has 0 aliphatic carbocycles. The Morgan fingerprint density at radius 1 is 1.50 bits per heavy atom. The smallest absolute Gasteiger partial charge is 0.408 e. The third kappa shape index (κ3) is 3.51. The average Bonchev–Trinajstić information content (AvgIpc) is 2.32. The number of nitrogens with one attached hydrogen (secondary N) is 2. The summed E-state index contributed by atoms with van der Waals surface area (Å²) in [6.45, 7) is 6.50. The molecule has 1 amide bonds. The summed E-state index contributed by atoms with van der Waals surface area (Å²) in [5, 5.41) is 15.0. The van der Waals surface area contributed by atoms with E-state index in [2.05, 4.69) is 10.6 Å². The zero-order valence-corrected chi connectivity index (χ0v) is 8.83. The van der Waals surface area contributed by atoms with Gasteiger partial charge in [0.2, 0.25) is 0 Å². The Labute approximate surface area is 83.8 Å². The van der Waals surface area contributed by atoms with Crippen molar-refractivity contribution in [1.82, 2.24) is 10.6 Å². The van der Waals surface area contributed by atoms with Gasteiger partial charge in [0, 0.05) is 13.1 Å². The summed E-state index contributed by atoms with van der Waals surface area (Å²) in [6.07, 6.45) is -1.01. The summed E-state index contributed by atoms with van der Waals surface area (Å²) in [6, 6.07) is -0.246. The van der Waals surface area contributed by atoms with E-state index < -0.39 is 17.8 Å². The van der Waals surface area contributed by atoms with Gasteiger partial charge in [0.25, 0.3) is 0 Å². The van der Waals surface area contributed by atoms with Crippen molar-refractivity contribution in [2.24, 2.45) is 0 Å². The van der Waals surface area contributed by atoms with Gasteiger partial charge < -0.3 is 20.5 Å². The molecule has 1 saturated heterocycles. The number of hydrogen-bond acceptors (Lipinski definition) is 4. The van der Waals surface area contributed by atoms with E-state index in [1.807, 2.05) is 0 Å². The second-order valence-corrected chi connectivity index (χ2v) is 4.48. The normalized spacial score (nSPS) is 27.4. The van der Waals surface area contributed by atoms with Crippen LogP contribution < -0.4 is 10.6 Å². The van der Waals surface area contributed by atoms with E-state index >= 15 is 0 Å². The minimum absolute atomic E-state index is 0.246. The third-order valence-corrected chi connectivity index (χ3v) is 1.88. The lowest BCUT2D eigenvalue weighted by molar-refractivity contribution is 0.0461. The van der Waals surface area contributed by atoms with Crippen molar-refractivity contribution < 1.29 is 14.6 Å². The van der Waals surface area contributed by atoms with Gasteiger partial charge in [0.1, 0.15) is 5.60 Å². The molecule has 0 aromatic heterocycles. The molecule has 14 heavy (non-hydrogen) atoms. The van der Waals surface area contributed by atoms with E-state index in [1.54, 1.807) is 20.8 Å². The first kappa shape index (κ1) is 11.3. The van der Waals surface area contributed by atoms with E-state index in [4.69, 9.17) is 4.74 Å². The highest BCUT2D eigenvalue weighted by Gasteiger charge is 2.28. The lowest BCUT2D eigenvalue weighted by Gasteiger charge is -2.22. The Hall–Kier alpha value is -0.810. The van der Waals surface area contributed by atoms with Crippen molar-refractivity contribution in [2.75, 3.05) is 13.1 Å². The quantitative estimate of drug-likeness (QED) is 0.553. The number of β-amino-alcohol motifs (C(OH)–C–C–N with tert-alkyl or cyclic N) is 1. The first-order valence-electron chi connectivity index (χ1n) is 4.77. The number of alkyl carbamates (subject to hydrolysis) is 1. The van der Waals surface area contributed by atoms with Gasteiger partial charge in [-0.1, -0.05) is 0 Å². The molecule has 0 saturated carbocycles. The maximum Gasteiger partial charge on any atom is 0.408 e. The van der Waals surface area contributed by atoms with Gasteiger partial charge >= 0.3 is 6.09 Å². The number of rotatable bonds is 1. The minimum atomic E-state index is -0.525. The first-order chi connectivity index (χ1) is 6.38. The molecule has 0 aromatic rings. The van der Waals surface area contributed by atoms with Crippen LogP contribution in [0.2, 0.25) is 0 Å². The van der Waals surface area contributed by atoms with Gasteiger partial charge in [0.05, 0.1) is 12.1 Å². The van der Waals surface area contributed by atoms with E-state index in [0.29, 0.717) is 13.1 Å². The molecule has 0 bridgehead atoms. The third-order valence-electron chi connectivity index (χ3n) is 1.88. The monoisotopic (exact) mass is 202 g/mol. The van der Waals surface area contributed by atoms with Gasteiger partial charge in [-0.15, -0.1) is 0 Å².